The Kier molecular flexibility index (Phi) is 7.71. The molecule has 0 aromatic heterocycles. The van der Waals surface area contributed by atoms with Crippen LogP contribution in [0, 0.1) is 12.7 Å². The summed E-state index contributed by atoms with van der Waals surface area (Å²) in [6.45, 7) is 1.59. The molecule has 0 heterocycles. The molecule has 0 saturated carbocycles. The number of aryl methyl sites for hydroxylation is 1. The number of carbonyl (C=O) groups is 2. The average molecular weight is 290 g/mol. The number of hydrogen-bond acceptors (Lipinski definition) is 3. The number of hydrogen-bond donors (Lipinski definition) is 3. The van der Waals surface area contributed by atoms with Crippen LogP contribution in [0.25, 0.3) is 0 Å². The van der Waals surface area contributed by atoms with Crippen molar-refractivity contribution in [1.82, 2.24) is 10.6 Å². The van der Waals surface area contributed by atoms with Crippen molar-refractivity contribution < 1.29 is 14.0 Å². The molecule has 0 atom stereocenters. The first-order valence-corrected chi connectivity index (χ1v) is 5.51. The Morgan fingerprint density at radius 1 is 1.26 bits per heavy atom. The molecule has 2 amide bonds. The molecule has 7 heteroatoms. The van der Waals surface area contributed by atoms with Gasteiger partial charge in [-0.2, -0.15) is 0 Å². The molecule has 4 N–H and O–H groups in total. The number of nitrogens with two attached hydrogens (primary N) is 1. The van der Waals surface area contributed by atoms with Gasteiger partial charge in [-0.3, -0.25) is 9.59 Å². The van der Waals surface area contributed by atoms with E-state index in [-0.39, 0.29) is 43.8 Å². The zero-order valence-corrected chi connectivity index (χ0v) is 11.3. The molecule has 19 heavy (non-hydrogen) atoms. The molecule has 0 unspecified atom stereocenters. The highest BCUT2D eigenvalue weighted by molar-refractivity contribution is 5.85. The van der Waals surface area contributed by atoms with Crippen LogP contribution >= 0.6 is 12.4 Å². The first-order valence-electron chi connectivity index (χ1n) is 5.51. The maximum atomic E-state index is 13.2. The van der Waals surface area contributed by atoms with E-state index in [9.17, 15) is 14.0 Å². The maximum Gasteiger partial charge on any atom is 0.239 e. The molecule has 5 nitrogen and oxygen atoms in total. The van der Waals surface area contributed by atoms with Crippen LogP contribution in [0.2, 0.25) is 0 Å². The zero-order chi connectivity index (χ0) is 13.5. The predicted molar refractivity (Wildman–Crippen MR) is 72.3 cm³/mol. The van der Waals surface area contributed by atoms with Gasteiger partial charge in [-0.15, -0.1) is 12.4 Å². The maximum absolute atomic E-state index is 13.2. The lowest BCUT2D eigenvalue weighted by Gasteiger charge is -2.07. The Morgan fingerprint density at radius 3 is 2.53 bits per heavy atom. The van der Waals surface area contributed by atoms with E-state index in [1.54, 1.807) is 19.1 Å². The molecule has 0 aliphatic rings. The van der Waals surface area contributed by atoms with Gasteiger partial charge in [0.15, 0.2) is 0 Å². The minimum atomic E-state index is -0.397. The summed E-state index contributed by atoms with van der Waals surface area (Å²) >= 11 is 0. The normalized spacial score (nSPS) is 9.42. The van der Waals surface area contributed by atoms with Gasteiger partial charge in [-0.1, -0.05) is 12.1 Å². The van der Waals surface area contributed by atoms with E-state index in [0.29, 0.717) is 11.1 Å². The van der Waals surface area contributed by atoms with Crippen LogP contribution in [0.5, 0.6) is 0 Å². The largest absolute Gasteiger partial charge is 0.350 e. The van der Waals surface area contributed by atoms with E-state index in [1.165, 1.54) is 6.07 Å². The van der Waals surface area contributed by atoms with Gasteiger partial charge in [0.25, 0.3) is 0 Å². The molecule has 0 aliphatic heterocycles. The van der Waals surface area contributed by atoms with Gasteiger partial charge >= 0.3 is 0 Å². The van der Waals surface area contributed by atoms with Gasteiger partial charge in [-0.25, -0.2) is 4.39 Å². The molecule has 0 fully saturated rings. The van der Waals surface area contributed by atoms with Crippen molar-refractivity contribution in [2.75, 3.05) is 13.1 Å². The highest BCUT2D eigenvalue weighted by Crippen LogP contribution is 2.08. The van der Waals surface area contributed by atoms with Crippen molar-refractivity contribution in [3.63, 3.8) is 0 Å². The van der Waals surface area contributed by atoms with E-state index in [2.05, 4.69) is 10.6 Å². The average Bonchev–Trinajstić information content (AvgIpc) is 2.37. The SMILES string of the molecule is Cc1ccc(CNC(=O)CNC(=O)CN)cc1F.Cl. The van der Waals surface area contributed by atoms with Crippen molar-refractivity contribution in [1.29, 1.82) is 0 Å². The van der Waals surface area contributed by atoms with E-state index in [4.69, 9.17) is 5.73 Å². The monoisotopic (exact) mass is 289 g/mol. The van der Waals surface area contributed by atoms with Crippen molar-refractivity contribution in [3.8, 4) is 0 Å². The van der Waals surface area contributed by atoms with Gasteiger partial charge in [0.1, 0.15) is 5.82 Å². The van der Waals surface area contributed by atoms with Crippen molar-refractivity contribution in [2.24, 2.45) is 5.73 Å². The van der Waals surface area contributed by atoms with Gasteiger partial charge in [0, 0.05) is 6.54 Å². The van der Waals surface area contributed by atoms with Crippen LogP contribution in [0.1, 0.15) is 11.1 Å². The third-order valence-electron chi connectivity index (χ3n) is 2.36. The second-order valence-electron chi connectivity index (χ2n) is 3.84. The van der Waals surface area contributed by atoms with Gasteiger partial charge in [0.2, 0.25) is 11.8 Å². The number of halogens is 2. The number of amides is 2. The van der Waals surface area contributed by atoms with E-state index >= 15 is 0 Å². The van der Waals surface area contributed by atoms with Crippen LogP contribution in [0.15, 0.2) is 18.2 Å². The molecule has 0 bridgehead atoms. The fourth-order valence-corrected chi connectivity index (χ4v) is 1.26. The molecule has 1 aromatic carbocycles. The van der Waals surface area contributed by atoms with Crippen LogP contribution < -0.4 is 16.4 Å². The van der Waals surface area contributed by atoms with Gasteiger partial charge < -0.3 is 16.4 Å². The van der Waals surface area contributed by atoms with E-state index in [1.807, 2.05) is 0 Å². The van der Waals surface area contributed by atoms with Crippen LogP contribution in [0.3, 0.4) is 0 Å². The van der Waals surface area contributed by atoms with Crippen molar-refractivity contribution in [2.45, 2.75) is 13.5 Å². The summed E-state index contributed by atoms with van der Waals surface area (Å²) in [6, 6.07) is 4.75. The summed E-state index contributed by atoms with van der Waals surface area (Å²) in [6.07, 6.45) is 0. The number of nitrogens with one attached hydrogen (secondary N) is 2. The standard InChI is InChI=1S/C12H16FN3O2.ClH/c1-8-2-3-9(4-10(8)13)6-15-12(18)7-16-11(17)5-14;/h2-4H,5-7,14H2,1H3,(H,15,18)(H,16,17);1H. The Morgan fingerprint density at radius 2 is 1.95 bits per heavy atom. The molecule has 0 spiro atoms. The molecule has 0 radical (unpaired) electrons. The smallest absolute Gasteiger partial charge is 0.239 e. The third-order valence-corrected chi connectivity index (χ3v) is 2.36. The van der Waals surface area contributed by atoms with E-state index < -0.39 is 5.91 Å². The highest BCUT2D eigenvalue weighted by Gasteiger charge is 2.04. The topological polar surface area (TPSA) is 84.2 Å². The fourth-order valence-electron chi connectivity index (χ4n) is 1.26. The van der Waals surface area contributed by atoms with Crippen LogP contribution in [-0.2, 0) is 16.1 Å². The third kappa shape index (κ3) is 6.17. The second kappa shape index (κ2) is 8.44. The zero-order valence-electron chi connectivity index (χ0n) is 10.5. The summed E-state index contributed by atoms with van der Waals surface area (Å²) in [5.41, 5.74) is 6.29. The summed E-state index contributed by atoms with van der Waals surface area (Å²) in [5.74, 6) is -1.05. The molecule has 1 aromatic rings. The van der Waals surface area contributed by atoms with Crippen molar-refractivity contribution >= 4 is 24.2 Å². The fraction of sp³-hybridized carbons (Fsp3) is 0.333. The minimum absolute atomic E-state index is 0. The number of rotatable bonds is 5. The second-order valence-corrected chi connectivity index (χ2v) is 3.84. The summed E-state index contributed by atoms with van der Waals surface area (Å²) < 4.78 is 13.2. The number of carbonyl (C=O) groups excluding carboxylic acids is 2. The quantitative estimate of drug-likeness (QED) is 0.726. The molecular formula is C12H17ClFN3O2. The van der Waals surface area contributed by atoms with Crippen LogP contribution in [0.4, 0.5) is 4.39 Å². The first-order chi connectivity index (χ1) is 8.52. The Bertz CT molecular complexity index is 455. The molecule has 0 saturated heterocycles. The summed E-state index contributed by atoms with van der Waals surface area (Å²) in [7, 11) is 0. The Balaban J connectivity index is 0.00000324. The Hall–Kier alpha value is -1.66. The molecule has 1 rings (SSSR count). The molecular weight excluding hydrogens is 273 g/mol. The van der Waals surface area contributed by atoms with Gasteiger partial charge in [-0.05, 0) is 24.1 Å². The predicted octanol–water partition coefficient (Wildman–Crippen LogP) is 0.247. The first kappa shape index (κ1) is 17.3. The summed E-state index contributed by atoms with van der Waals surface area (Å²) in [4.78, 5) is 22.1. The Labute approximate surface area is 117 Å². The lowest BCUT2D eigenvalue weighted by Crippen LogP contribution is -2.39. The molecule has 0 aliphatic carbocycles. The van der Waals surface area contributed by atoms with E-state index in [0.717, 1.165) is 0 Å². The number of benzene rings is 1. The van der Waals surface area contributed by atoms with Crippen molar-refractivity contribution in [3.05, 3.63) is 35.1 Å². The summed E-state index contributed by atoms with van der Waals surface area (Å²) in [5, 5.41) is 4.90. The lowest BCUT2D eigenvalue weighted by molar-refractivity contribution is -0.125. The lowest BCUT2D eigenvalue weighted by atomic mass is 10.1. The van der Waals surface area contributed by atoms with Gasteiger partial charge in [0.05, 0.1) is 13.1 Å². The molecule has 106 valence electrons. The van der Waals surface area contributed by atoms with Crippen LogP contribution in [-0.4, -0.2) is 24.9 Å². The minimum Gasteiger partial charge on any atom is -0.350 e. The highest BCUT2D eigenvalue weighted by atomic mass is 35.5.